The molecule has 114 valence electrons. The second-order valence-electron chi connectivity index (χ2n) is 6.91. The van der Waals surface area contributed by atoms with Crippen molar-refractivity contribution in [2.24, 2.45) is 5.92 Å². The number of hydrogen-bond acceptors (Lipinski definition) is 5. The number of nitrogens with zero attached hydrogens (tertiary/aromatic N) is 3. The lowest BCUT2D eigenvalue weighted by molar-refractivity contribution is 0.203. The van der Waals surface area contributed by atoms with Crippen molar-refractivity contribution in [3.63, 3.8) is 0 Å². The van der Waals surface area contributed by atoms with Gasteiger partial charge in [-0.25, -0.2) is 4.98 Å². The molecule has 2 unspecified atom stereocenters. The van der Waals surface area contributed by atoms with Crippen molar-refractivity contribution >= 4 is 16.7 Å². The van der Waals surface area contributed by atoms with Crippen molar-refractivity contribution in [1.29, 1.82) is 0 Å². The third-order valence-corrected chi connectivity index (χ3v) is 4.73. The van der Waals surface area contributed by atoms with Crippen LogP contribution in [0.15, 0.2) is 0 Å². The van der Waals surface area contributed by atoms with Crippen molar-refractivity contribution in [3.05, 3.63) is 5.82 Å². The highest BCUT2D eigenvalue weighted by Crippen LogP contribution is 2.33. The summed E-state index contributed by atoms with van der Waals surface area (Å²) in [6.45, 7) is 10.5. The summed E-state index contributed by atoms with van der Waals surface area (Å²) in [5.74, 6) is 1.77. The van der Waals surface area contributed by atoms with Gasteiger partial charge in [0.25, 0.3) is 0 Å². The molecule has 1 aliphatic rings. The van der Waals surface area contributed by atoms with Crippen molar-refractivity contribution in [3.8, 4) is 0 Å². The van der Waals surface area contributed by atoms with E-state index < -0.39 is 0 Å². The zero-order chi connectivity index (χ0) is 14.8. The number of rotatable bonds is 5. The molecule has 0 spiro atoms. The fourth-order valence-electron chi connectivity index (χ4n) is 2.72. The molecule has 0 aromatic carbocycles. The standard InChI is InChI=1S/C15H27N3OS/c1-11-6-7-12(10-11)18(8-9-19-5)14-16-13(17-20-14)15(2,3)4/h11-12H,6-10H2,1-5H3. The van der Waals surface area contributed by atoms with Gasteiger partial charge in [-0.15, -0.1) is 0 Å². The van der Waals surface area contributed by atoms with Crippen molar-refractivity contribution in [2.45, 2.75) is 58.4 Å². The topological polar surface area (TPSA) is 38.2 Å². The van der Waals surface area contributed by atoms with Crippen LogP contribution in [-0.2, 0) is 10.2 Å². The van der Waals surface area contributed by atoms with Crippen molar-refractivity contribution in [2.75, 3.05) is 25.2 Å². The van der Waals surface area contributed by atoms with E-state index in [2.05, 4.69) is 37.0 Å². The molecule has 0 radical (unpaired) electrons. The Morgan fingerprint density at radius 2 is 2.10 bits per heavy atom. The molecule has 0 bridgehead atoms. The lowest BCUT2D eigenvalue weighted by Crippen LogP contribution is -2.36. The van der Waals surface area contributed by atoms with Gasteiger partial charge in [-0.3, -0.25) is 0 Å². The predicted molar refractivity (Wildman–Crippen MR) is 84.6 cm³/mol. The Kier molecular flexibility index (Phi) is 5.02. The van der Waals surface area contributed by atoms with E-state index in [0.717, 1.165) is 30.0 Å². The van der Waals surface area contributed by atoms with E-state index in [1.54, 1.807) is 7.11 Å². The minimum absolute atomic E-state index is 0.0185. The van der Waals surface area contributed by atoms with Gasteiger partial charge in [0, 0.05) is 36.6 Å². The van der Waals surface area contributed by atoms with Crippen LogP contribution in [0.1, 0.15) is 52.8 Å². The lowest BCUT2D eigenvalue weighted by atomic mass is 9.96. The molecule has 1 aromatic rings. The molecule has 1 aromatic heterocycles. The maximum atomic E-state index is 5.27. The van der Waals surface area contributed by atoms with E-state index in [9.17, 15) is 0 Å². The maximum Gasteiger partial charge on any atom is 0.205 e. The van der Waals surface area contributed by atoms with Gasteiger partial charge in [-0.1, -0.05) is 27.7 Å². The molecule has 1 heterocycles. The summed E-state index contributed by atoms with van der Waals surface area (Å²) < 4.78 is 9.82. The fourth-order valence-corrected chi connectivity index (χ4v) is 3.68. The summed E-state index contributed by atoms with van der Waals surface area (Å²) in [5.41, 5.74) is 0.0185. The largest absolute Gasteiger partial charge is 0.383 e. The molecule has 1 saturated carbocycles. The summed E-state index contributed by atoms with van der Waals surface area (Å²) in [4.78, 5) is 7.20. The first kappa shape index (κ1) is 15.7. The number of aromatic nitrogens is 2. The van der Waals surface area contributed by atoms with E-state index in [0.29, 0.717) is 6.04 Å². The molecule has 2 atom stereocenters. The van der Waals surface area contributed by atoms with Crippen molar-refractivity contribution < 1.29 is 4.74 Å². The lowest BCUT2D eigenvalue weighted by Gasteiger charge is -2.28. The molecule has 1 fully saturated rings. The number of methoxy groups -OCH3 is 1. The Bertz CT molecular complexity index is 427. The van der Waals surface area contributed by atoms with Gasteiger partial charge in [0.2, 0.25) is 5.13 Å². The van der Waals surface area contributed by atoms with Gasteiger partial charge in [0.15, 0.2) is 0 Å². The summed E-state index contributed by atoms with van der Waals surface area (Å²) in [6, 6.07) is 0.598. The summed E-state index contributed by atoms with van der Waals surface area (Å²) in [7, 11) is 1.76. The number of hydrogen-bond donors (Lipinski definition) is 0. The molecular formula is C15H27N3OS. The van der Waals surface area contributed by atoms with Gasteiger partial charge in [-0.2, -0.15) is 4.37 Å². The van der Waals surface area contributed by atoms with E-state index in [4.69, 9.17) is 9.72 Å². The highest BCUT2D eigenvalue weighted by Gasteiger charge is 2.30. The minimum Gasteiger partial charge on any atom is -0.383 e. The number of ether oxygens (including phenoxy) is 1. The summed E-state index contributed by atoms with van der Waals surface area (Å²) >= 11 is 1.53. The molecule has 1 aliphatic carbocycles. The van der Waals surface area contributed by atoms with Crippen LogP contribution in [0.2, 0.25) is 0 Å². The monoisotopic (exact) mass is 297 g/mol. The van der Waals surface area contributed by atoms with Gasteiger partial charge in [0.05, 0.1) is 6.61 Å². The third kappa shape index (κ3) is 3.70. The zero-order valence-electron chi connectivity index (χ0n) is 13.3. The molecule has 2 rings (SSSR count). The molecule has 20 heavy (non-hydrogen) atoms. The molecule has 0 saturated heterocycles. The summed E-state index contributed by atoms with van der Waals surface area (Å²) in [5, 5.41) is 1.06. The molecule has 0 aliphatic heterocycles. The fraction of sp³-hybridized carbons (Fsp3) is 0.867. The highest BCUT2D eigenvalue weighted by atomic mass is 32.1. The Hall–Kier alpha value is -0.680. The van der Waals surface area contributed by atoms with Gasteiger partial charge in [0.1, 0.15) is 5.82 Å². The van der Waals surface area contributed by atoms with Crippen LogP contribution in [0.4, 0.5) is 5.13 Å². The van der Waals surface area contributed by atoms with Crippen LogP contribution >= 0.6 is 11.5 Å². The van der Waals surface area contributed by atoms with Crippen LogP contribution in [-0.4, -0.2) is 35.7 Å². The van der Waals surface area contributed by atoms with E-state index in [1.807, 2.05) is 0 Å². The predicted octanol–water partition coefficient (Wildman–Crippen LogP) is 3.48. The Balaban J connectivity index is 2.15. The normalized spacial score (nSPS) is 23.2. The zero-order valence-corrected chi connectivity index (χ0v) is 14.2. The third-order valence-electron chi connectivity index (χ3n) is 3.98. The quantitative estimate of drug-likeness (QED) is 0.834. The average Bonchev–Trinajstić information content (AvgIpc) is 2.99. The van der Waals surface area contributed by atoms with E-state index in [-0.39, 0.29) is 5.41 Å². The van der Waals surface area contributed by atoms with Crippen LogP contribution in [0.5, 0.6) is 0 Å². The highest BCUT2D eigenvalue weighted by molar-refractivity contribution is 7.09. The Labute approximate surface area is 126 Å². The van der Waals surface area contributed by atoms with Crippen LogP contribution in [0, 0.1) is 5.92 Å². The first-order chi connectivity index (χ1) is 9.41. The minimum atomic E-state index is 0.0185. The molecular weight excluding hydrogens is 270 g/mol. The smallest absolute Gasteiger partial charge is 0.205 e. The summed E-state index contributed by atoms with van der Waals surface area (Å²) in [6.07, 6.45) is 3.84. The molecule has 0 N–H and O–H groups in total. The second-order valence-corrected chi connectivity index (χ2v) is 7.64. The molecule has 4 nitrogen and oxygen atoms in total. The molecule has 0 amide bonds. The SMILES string of the molecule is COCCN(c1nc(C(C)(C)C)ns1)C1CCC(C)C1. The van der Waals surface area contributed by atoms with Crippen LogP contribution < -0.4 is 4.90 Å². The van der Waals surface area contributed by atoms with Gasteiger partial charge in [-0.05, 0) is 25.2 Å². The molecule has 5 heteroatoms. The first-order valence-electron chi connectivity index (χ1n) is 7.51. The Morgan fingerprint density at radius 1 is 1.35 bits per heavy atom. The van der Waals surface area contributed by atoms with Crippen LogP contribution in [0.3, 0.4) is 0 Å². The maximum absolute atomic E-state index is 5.27. The van der Waals surface area contributed by atoms with Crippen molar-refractivity contribution in [1.82, 2.24) is 9.36 Å². The number of anilines is 1. The van der Waals surface area contributed by atoms with Crippen LogP contribution in [0.25, 0.3) is 0 Å². The Morgan fingerprint density at radius 3 is 2.60 bits per heavy atom. The second kappa shape index (κ2) is 6.39. The average molecular weight is 297 g/mol. The first-order valence-corrected chi connectivity index (χ1v) is 8.29. The van der Waals surface area contributed by atoms with Gasteiger partial charge >= 0.3 is 0 Å². The van der Waals surface area contributed by atoms with E-state index in [1.165, 1.54) is 30.8 Å². The van der Waals surface area contributed by atoms with Gasteiger partial charge < -0.3 is 9.64 Å². The van der Waals surface area contributed by atoms with E-state index >= 15 is 0 Å².